The lowest BCUT2D eigenvalue weighted by molar-refractivity contribution is -0.137. The van der Waals surface area contributed by atoms with Crippen LogP contribution in [0.3, 0.4) is 0 Å². The van der Waals surface area contributed by atoms with E-state index < -0.39 is 5.97 Å². The minimum absolute atomic E-state index is 0.338. The van der Waals surface area contributed by atoms with E-state index >= 15 is 0 Å². The smallest absolute Gasteiger partial charge is 0.303 e. The van der Waals surface area contributed by atoms with Crippen LogP contribution in [0.5, 0.6) is 0 Å². The lowest BCUT2D eigenvalue weighted by atomic mass is 10.1. The molecule has 0 rings (SSSR count). The zero-order valence-electron chi connectivity index (χ0n) is 9.13. The maximum absolute atomic E-state index is 10.2. The quantitative estimate of drug-likeness (QED) is 0.570. The largest absolute Gasteiger partial charge is 0.481 e. The third-order valence-corrected chi connectivity index (χ3v) is 3.30. The number of carboxylic acids is 1. The van der Waals surface area contributed by atoms with Crippen LogP contribution < -0.4 is 0 Å². The molecule has 0 aliphatic rings. The van der Waals surface area contributed by atoms with E-state index in [1.54, 1.807) is 0 Å². The Morgan fingerprint density at radius 3 is 2.36 bits per heavy atom. The van der Waals surface area contributed by atoms with E-state index in [4.69, 9.17) is 5.11 Å². The molecule has 0 fully saturated rings. The summed E-state index contributed by atoms with van der Waals surface area (Å²) in [5.74, 6) is 1.88. The number of rotatable bonds is 10. The van der Waals surface area contributed by atoms with E-state index in [1.807, 2.05) is 11.8 Å². The molecule has 0 aromatic carbocycles. The first kappa shape index (κ1) is 13.8. The second-order valence-electron chi connectivity index (χ2n) is 3.52. The number of unbranched alkanes of at least 4 members (excludes halogenated alkanes) is 4. The van der Waals surface area contributed by atoms with Crippen molar-refractivity contribution in [3.63, 3.8) is 0 Å². The highest BCUT2D eigenvalue weighted by Gasteiger charge is 1.96. The van der Waals surface area contributed by atoms with Crippen molar-refractivity contribution in [1.29, 1.82) is 0 Å². The summed E-state index contributed by atoms with van der Waals surface area (Å²) in [4.78, 5) is 10.2. The molecule has 2 nitrogen and oxygen atoms in total. The highest BCUT2D eigenvalue weighted by atomic mass is 32.2. The predicted octanol–water partition coefficient (Wildman–Crippen LogP) is 3.55. The van der Waals surface area contributed by atoms with Gasteiger partial charge in [-0.2, -0.15) is 11.8 Å². The third-order valence-electron chi connectivity index (χ3n) is 2.03. The van der Waals surface area contributed by atoms with Crippen LogP contribution in [0.15, 0.2) is 0 Å². The Kier molecular flexibility index (Phi) is 10.8. The summed E-state index contributed by atoms with van der Waals surface area (Å²) >= 11 is 2.03. The predicted molar refractivity (Wildman–Crippen MR) is 63.0 cm³/mol. The summed E-state index contributed by atoms with van der Waals surface area (Å²) < 4.78 is 0. The summed E-state index contributed by atoms with van der Waals surface area (Å²) in [5.41, 5.74) is 0. The van der Waals surface area contributed by atoms with Gasteiger partial charge in [0.2, 0.25) is 0 Å². The van der Waals surface area contributed by atoms with Crippen molar-refractivity contribution < 1.29 is 9.90 Å². The molecule has 0 aromatic rings. The van der Waals surface area contributed by atoms with Gasteiger partial charge in [0.15, 0.2) is 0 Å². The van der Waals surface area contributed by atoms with E-state index in [2.05, 4.69) is 6.92 Å². The highest BCUT2D eigenvalue weighted by molar-refractivity contribution is 7.99. The molecule has 0 aliphatic carbocycles. The standard InChI is InChI=1S/C11H22O2S/c1-2-9-14-10-7-5-3-4-6-8-11(12)13/h2-10H2,1H3,(H,12,13). The molecule has 0 saturated carbocycles. The second-order valence-corrected chi connectivity index (χ2v) is 4.75. The molecule has 1 N–H and O–H groups in total. The van der Waals surface area contributed by atoms with Gasteiger partial charge in [0.1, 0.15) is 0 Å². The number of carbonyl (C=O) groups is 1. The normalized spacial score (nSPS) is 10.4. The second kappa shape index (κ2) is 10.9. The van der Waals surface area contributed by atoms with Crippen molar-refractivity contribution in [3.8, 4) is 0 Å². The van der Waals surface area contributed by atoms with Crippen LogP contribution in [0.1, 0.15) is 51.9 Å². The molecule has 0 heterocycles. The Hall–Kier alpha value is -0.180. The lowest BCUT2D eigenvalue weighted by Gasteiger charge is -2.00. The summed E-state index contributed by atoms with van der Waals surface area (Å²) in [5, 5.41) is 8.41. The van der Waals surface area contributed by atoms with Crippen LogP contribution in [0.2, 0.25) is 0 Å². The van der Waals surface area contributed by atoms with Gasteiger partial charge in [-0.05, 0) is 30.8 Å². The molecular formula is C11H22O2S. The van der Waals surface area contributed by atoms with Gasteiger partial charge in [-0.15, -0.1) is 0 Å². The van der Waals surface area contributed by atoms with Crippen LogP contribution >= 0.6 is 11.8 Å². The summed E-state index contributed by atoms with van der Waals surface area (Å²) in [7, 11) is 0. The Labute approximate surface area is 91.5 Å². The molecule has 0 aromatic heterocycles. The van der Waals surface area contributed by atoms with Crippen LogP contribution in [-0.2, 0) is 4.79 Å². The molecule has 3 heteroatoms. The van der Waals surface area contributed by atoms with Gasteiger partial charge >= 0.3 is 5.97 Å². The molecule has 0 amide bonds. The van der Waals surface area contributed by atoms with Crippen LogP contribution in [0, 0.1) is 0 Å². The van der Waals surface area contributed by atoms with Gasteiger partial charge < -0.3 is 5.11 Å². The van der Waals surface area contributed by atoms with Crippen molar-refractivity contribution in [3.05, 3.63) is 0 Å². The van der Waals surface area contributed by atoms with E-state index in [1.165, 1.54) is 37.2 Å². The lowest BCUT2D eigenvalue weighted by Crippen LogP contribution is -1.93. The van der Waals surface area contributed by atoms with Crippen LogP contribution in [-0.4, -0.2) is 22.6 Å². The van der Waals surface area contributed by atoms with E-state index in [9.17, 15) is 4.79 Å². The van der Waals surface area contributed by atoms with Crippen molar-refractivity contribution in [2.45, 2.75) is 51.9 Å². The molecule has 84 valence electrons. The van der Waals surface area contributed by atoms with Crippen molar-refractivity contribution in [2.75, 3.05) is 11.5 Å². The third kappa shape index (κ3) is 11.8. The fourth-order valence-corrected chi connectivity index (χ4v) is 2.16. The maximum atomic E-state index is 10.2. The molecular weight excluding hydrogens is 196 g/mol. The molecule has 0 bridgehead atoms. The van der Waals surface area contributed by atoms with Crippen molar-refractivity contribution >= 4 is 17.7 Å². The summed E-state index contributed by atoms with van der Waals surface area (Å²) in [6.45, 7) is 2.21. The van der Waals surface area contributed by atoms with Gasteiger partial charge in [0, 0.05) is 6.42 Å². The highest BCUT2D eigenvalue weighted by Crippen LogP contribution is 2.10. The first-order chi connectivity index (χ1) is 6.77. The minimum atomic E-state index is -0.663. The van der Waals surface area contributed by atoms with Gasteiger partial charge in [-0.3, -0.25) is 4.79 Å². The number of hydrogen-bond donors (Lipinski definition) is 1. The van der Waals surface area contributed by atoms with Gasteiger partial charge in [0.05, 0.1) is 0 Å². The number of carboxylic acid groups (broad SMARTS) is 1. The molecule has 14 heavy (non-hydrogen) atoms. The van der Waals surface area contributed by atoms with E-state index in [-0.39, 0.29) is 0 Å². The molecule has 0 saturated heterocycles. The minimum Gasteiger partial charge on any atom is -0.481 e. The van der Waals surface area contributed by atoms with Gasteiger partial charge in [0.25, 0.3) is 0 Å². The van der Waals surface area contributed by atoms with Crippen LogP contribution in [0.4, 0.5) is 0 Å². The topological polar surface area (TPSA) is 37.3 Å². The number of thioether (sulfide) groups is 1. The fourth-order valence-electron chi connectivity index (χ4n) is 1.26. The Morgan fingerprint density at radius 2 is 1.71 bits per heavy atom. The number of aliphatic carboxylic acids is 1. The van der Waals surface area contributed by atoms with E-state index in [0.29, 0.717) is 6.42 Å². The van der Waals surface area contributed by atoms with Gasteiger partial charge in [-0.25, -0.2) is 0 Å². The Balaban J connectivity index is 2.88. The zero-order valence-corrected chi connectivity index (χ0v) is 9.94. The summed E-state index contributed by atoms with van der Waals surface area (Å²) in [6.07, 6.45) is 7.27. The average Bonchev–Trinajstić information content (AvgIpc) is 2.15. The van der Waals surface area contributed by atoms with Crippen molar-refractivity contribution in [2.24, 2.45) is 0 Å². The molecule has 0 radical (unpaired) electrons. The zero-order chi connectivity index (χ0) is 10.6. The summed E-state index contributed by atoms with van der Waals surface area (Å²) in [6, 6.07) is 0. The van der Waals surface area contributed by atoms with Crippen molar-refractivity contribution in [1.82, 2.24) is 0 Å². The SMILES string of the molecule is CCCSCCCCCCCC(=O)O. The molecule has 0 spiro atoms. The monoisotopic (exact) mass is 218 g/mol. The first-order valence-electron chi connectivity index (χ1n) is 5.57. The first-order valence-corrected chi connectivity index (χ1v) is 6.72. The average molecular weight is 218 g/mol. The Bertz CT molecular complexity index is 137. The number of hydrogen-bond acceptors (Lipinski definition) is 2. The van der Waals surface area contributed by atoms with Crippen LogP contribution in [0.25, 0.3) is 0 Å². The molecule has 0 unspecified atom stereocenters. The maximum Gasteiger partial charge on any atom is 0.303 e. The Morgan fingerprint density at radius 1 is 1.07 bits per heavy atom. The molecule has 0 aliphatic heterocycles. The van der Waals surface area contributed by atoms with E-state index in [0.717, 1.165) is 12.8 Å². The fraction of sp³-hybridized carbons (Fsp3) is 0.909. The van der Waals surface area contributed by atoms with Gasteiger partial charge in [-0.1, -0.05) is 26.2 Å². The molecule has 0 atom stereocenters.